The zero-order valence-corrected chi connectivity index (χ0v) is 9.43. The van der Waals surface area contributed by atoms with Crippen LogP contribution in [0.25, 0.3) is 0 Å². The summed E-state index contributed by atoms with van der Waals surface area (Å²) in [6, 6.07) is 0. The first-order valence-corrected chi connectivity index (χ1v) is 5.48. The number of methoxy groups -OCH3 is 1. The highest BCUT2D eigenvalue weighted by Gasteiger charge is 2.04. The van der Waals surface area contributed by atoms with E-state index in [4.69, 9.17) is 10.5 Å². The molecule has 1 heterocycles. The Morgan fingerprint density at radius 2 is 2.50 bits per heavy atom. The lowest BCUT2D eigenvalue weighted by Gasteiger charge is -2.12. The van der Waals surface area contributed by atoms with Crippen LogP contribution in [0.4, 0.5) is 0 Å². The van der Waals surface area contributed by atoms with Crippen LogP contribution in [0.1, 0.15) is 10.7 Å². The molecule has 0 amide bonds. The SMILES string of the molecule is COC(CN)CNCc1nc(C)cs1. The molecule has 0 spiro atoms. The zero-order chi connectivity index (χ0) is 10.4. The topological polar surface area (TPSA) is 60.2 Å². The number of aryl methyl sites for hydroxylation is 1. The van der Waals surface area contributed by atoms with Crippen molar-refractivity contribution in [3.05, 3.63) is 16.1 Å². The van der Waals surface area contributed by atoms with Gasteiger partial charge in [-0.1, -0.05) is 0 Å². The van der Waals surface area contributed by atoms with Gasteiger partial charge >= 0.3 is 0 Å². The lowest BCUT2D eigenvalue weighted by molar-refractivity contribution is 0.108. The summed E-state index contributed by atoms with van der Waals surface area (Å²) >= 11 is 1.67. The molecule has 5 heteroatoms. The monoisotopic (exact) mass is 215 g/mol. The minimum atomic E-state index is 0.0936. The summed E-state index contributed by atoms with van der Waals surface area (Å²) < 4.78 is 5.14. The van der Waals surface area contributed by atoms with Gasteiger partial charge in [0.2, 0.25) is 0 Å². The number of nitrogens with zero attached hydrogens (tertiary/aromatic N) is 1. The van der Waals surface area contributed by atoms with Crippen molar-refractivity contribution in [2.24, 2.45) is 5.73 Å². The Morgan fingerprint density at radius 1 is 1.71 bits per heavy atom. The van der Waals surface area contributed by atoms with Crippen LogP contribution in [0.15, 0.2) is 5.38 Å². The van der Waals surface area contributed by atoms with Crippen molar-refractivity contribution in [2.45, 2.75) is 19.6 Å². The van der Waals surface area contributed by atoms with E-state index in [0.29, 0.717) is 6.54 Å². The van der Waals surface area contributed by atoms with Gasteiger partial charge in [-0.25, -0.2) is 4.98 Å². The fraction of sp³-hybridized carbons (Fsp3) is 0.667. The summed E-state index contributed by atoms with van der Waals surface area (Å²) in [7, 11) is 1.67. The highest BCUT2D eigenvalue weighted by atomic mass is 32.1. The summed E-state index contributed by atoms with van der Waals surface area (Å²) in [6.45, 7) is 4.10. The van der Waals surface area contributed by atoms with Gasteiger partial charge in [-0.2, -0.15) is 0 Å². The third-order valence-electron chi connectivity index (χ3n) is 1.91. The predicted octanol–water partition coefficient (Wildman–Crippen LogP) is 0.515. The van der Waals surface area contributed by atoms with Crippen molar-refractivity contribution in [1.82, 2.24) is 10.3 Å². The second-order valence-corrected chi connectivity index (χ2v) is 4.05. The second-order valence-electron chi connectivity index (χ2n) is 3.11. The summed E-state index contributed by atoms with van der Waals surface area (Å²) in [6.07, 6.45) is 0.0936. The Morgan fingerprint density at radius 3 is 3.00 bits per heavy atom. The van der Waals surface area contributed by atoms with Crippen molar-refractivity contribution >= 4 is 11.3 Å². The van der Waals surface area contributed by atoms with Crippen LogP contribution >= 0.6 is 11.3 Å². The van der Waals surface area contributed by atoms with Gasteiger partial charge in [-0.15, -0.1) is 11.3 Å². The van der Waals surface area contributed by atoms with Gasteiger partial charge in [0.05, 0.1) is 6.10 Å². The van der Waals surface area contributed by atoms with Crippen LogP contribution in [-0.2, 0) is 11.3 Å². The van der Waals surface area contributed by atoms with Crippen molar-refractivity contribution < 1.29 is 4.74 Å². The van der Waals surface area contributed by atoms with Crippen molar-refractivity contribution in [3.63, 3.8) is 0 Å². The molecule has 1 aromatic rings. The van der Waals surface area contributed by atoms with Gasteiger partial charge in [-0.3, -0.25) is 0 Å². The Balaban J connectivity index is 2.21. The van der Waals surface area contributed by atoms with Crippen molar-refractivity contribution in [3.8, 4) is 0 Å². The quantitative estimate of drug-likeness (QED) is 0.726. The van der Waals surface area contributed by atoms with Crippen molar-refractivity contribution in [1.29, 1.82) is 0 Å². The molecule has 1 atom stereocenters. The van der Waals surface area contributed by atoms with E-state index in [1.54, 1.807) is 18.4 Å². The second kappa shape index (κ2) is 6.08. The molecule has 0 saturated carbocycles. The number of thiazole rings is 1. The van der Waals surface area contributed by atoms with E-state index < -0.39 is 0 Å². The number of rotatable bonds is 6. The molecule has 0 aromatic carbocycles. The molecule has 1 unspecified atom stereocenters. The van der Waals surface area contributed by atoms with E-state index in [9.17, 15) is 0 Å². The van der Waals surface area contributed by atoms with Gasteiger partial charge < -0.3 is 15.8 Å². The zero-order valence-electron chi connectivity index (χ0n) is 8.62. The van der Waals surface area contributed by atoms with Crippen LogP contribution in [0.2, 0.25) is 0 Å². The van der Waals surface area contributed by atoms with Gasteiger partial charge in [0.25, 0.3) is 0 Å². The molecule has 14 heavy (non-hydrogen) atoms. The highest BCUT2D eigenvalue weighted by molar-refractivity contribution is 7.09. The Labute approximate surface area is 88.5 Å². The molecule has 0 aliphatic carbocycles. The van der Waals surface area contributed by atoms with Crippen LogP contribution in [-0.4, -0.2) is 31.3 Å². The lowest BCUT2D eigenvalue weighted by atomic mass is 10.3. The Kier molecular flexibility index (Phi) is 5.03. The van der Waals surface area contributed by atoms with E-state index in [1.807, 2.05) is 12.3 Å². The normalized spacial score (nSPS) is 13.1. The molecule has 4 nitrogen and oxygen atoms in total. The van der Waals surface area contributed by atoms with Crippen LogP contribution in [0.3, 0.4) is 0 Å². The molecule has 1 rings (SSSR count). The van der Waals surface area contributed by atoms with Crippen LogP contribution < -0.4 is 11.1 Å². The minimum Gasteiger partial charge on any atom is -0.379 e. The molecule has 3 N–H and O–H groups in total. The van der Waals surface area contributed by atoms with Crippen LogP contribution in [0, 0.1) is 6.92 Å². The van der Waals surface area contributed by atoms with Crippen LogP contribution in [0.5, 0.6) is 0 Å². The number of ether oxygens (including phenoxy) is 1. The van der Waals surface area contributed by atoms with E-state index in [2.05, 4.69) is 10.3 Å². The minimum absolute atomic E-state index is 0.0936. The molecule has 80 valence electrons. The summed E-state index contributed by atoms with van der Waals surface area (Å²) in [5.74, 6) is 0. The van der Waals surface area contributed by atoms with Gasteiger partial charge in [0.15, 0.2) is 0 Å². The largest absolute Gasteiger partial charge is 0.379 e. The standard InChI is InChI=1S/C9H17N3OS/c1-7-6-14-9(12-7)5-11-4-8(3-10)13-2/h6,8,11H,3-5,10H2,1-2H3. The van der Waals surface area contributed by atoms with Crippen molar-refractivity contribution in [2.75, 3.05) is 20.2 Å². The average Bonchev–Trinajstić information content (AvgIpc) is 2.59. The third-order valence-corrected chi connectivity index (χ3v) is 2.88. The molecular formula is C9H17N3OS. The summed E-state index contributed by atoms with van der Waals surface area (Å²) in [5.41, 5.74) is 6.57. The molecule has 0 radical (unpaired) electrons. The van der Waals surface area contributed by atoms with Gasteiger partial charge in [-0.05, 0) is 6.92 Å². The smallest absolute Gasteiger partial charge is 0.107 e. The number of nitrogens with two attached hydrogens (primary N) is 1. The van der Waals surface area contributed by atoms with E-state index >= 15 is 0 Å². The molecule has 0 aliphatic rings. The summed E-state index contributed by atoms with van der Waals surface area (Å²) in [4.78, 5) is 4.34. The first-order chi connectivity index (χ1) is 6.76. The third kappa shape index (κ3) is 3.71. The number of aromatic nitrogens is 1. The van der Waals surface area contributed by atoms with E-state index in [-0.39, 0.29) is 6.10 Å². The Hall–Kier alpha value is -0.490. The molecule has 0 saturated heterocycles. The average molecular weight is 215 g/mol. The maximum atomic E-state index is 5.49. The highest BCUT2D eigenvalue weighted by Crippen LogP contribution is 2.07. The Bertz CT molecular complexity index is 260. The predicted molar refractivity (Wildman–Crippen MR) is 58.4 cm³/mol. The molecule has 1 aromatic heterocycles. The maximum absolute atomic E-state index is 5.49. The van der Waals surface area contributed by atoms with Gasteiger partial charge in [0.1, 0.15) is 5.01 Å². The van der Waals surface area contributed by atoms with Gasteiger partial charge in [0, 0.05) is 37.8 Å². The number of nitrogens with one attached hydrogen (secondary N) is 1. The molecule has 0 aliphatic heterocycles. The number of hydrogen-bond donors (Lipinski definition) is 2. The fourth-order valence-electron chi connectivity index (χ4n) is 1.09. The molecule has 0 fully saturated rings. The van der Waals surface area contributed by atoms with E-state index in [0.717, 1.165) is 23.8 Å². The summed E-state index contributed by atoms with van der Waals surface area (Å²) in [5, 5.41) is 6.42. The fourth-order valence-corrected chi connectivity index (χ4v) is 1.83. The maximum Gasteiger partial charge on any atom is 0.107 e. The number of hydrogen-bond acceptors (Lipinski definition) is 5. The van der Waals surface area contributed by atoms with E-state index in [1.165, 1.54) is 0 Å². The first-order valence-electron chi connectivity index (χ1n) is 4.61. The lowest BCUT2D eigenvalue weighted by Crippen LogP contribution is -2.33. The molecular weight excluding hydrogens is 198 g/mol. The molecule has 0 bridgehead atoms. The first kappa shape index (κ1) is 11.6.